The third-order valence-corrected chi connectivity index (χ3v) is 2.68. The summed E-state index contributed by atoms with van der Waals surface area (Å²) in [4.78, 5) is 6.22. The van der Waals surface area contributed by atoms with Crippen LogP contribution in [-0.4, -0.2) is 18.1 Å². The Bertz CT molecular complexity index is 309. The van der Waals surface area contributed by atoms with E-state index >= 15 is 0 Å². The maximum Gasteiger partial charge on any atom is 0.0738 e. The molecule has 84 valence electrons. The van der Waals surface area contributed by atoms with E-state index < -0.39 is 0 Å². The van der Waals surface area contributed by atoms with E-state index in [0.717, 1.165) is 17.8 Å². The number of nitrogens with zero attached hydrogens (tertiary/aromatic N) is 2. The molecular weight excluding hydrogens is 186 g/mol. The highest BCUT2D eigenvalue weighted by atomic mass is 15.1. The topological polar surface area (TPSA) is 42.2 Å². The lowest BCUT2D eigenvalue weighted by Crippen LogP contribution is -2.30. The first kappa shape index (κ1) is 11.8. The van der Waals surface area contributed by atoms with Crippen molar-refractivity contribution in [3.63, 3.8) is 0 Å². The van der Waals surface area contributed by atoms with E-state index in [2.05, 4.69) is 37.7 Å². The Morgan fingerprint density at radius 2 is 2.07 bits per heavy atom. The summed E-state index contributed by atoms with van der Waals surface area (Å²) in [6, 6.07) is 2.46. The van der Waals surface area contributed by atoms with Gasteiger partial charge in [-0.05, 0) is 25.3 Å². The van der Waals surface area contributed by atoms with Crippen molar-refractivity contribution in [1.82, 2.24) is 4.98 Å². The summed E-state index contributed by atoms with van der Waals surface area (Å²) in [5.41, 5.74) is 7.70. The van der Waals surface area contributed by atoms with Crippen LogP contribution in [0, 0.1) is 5.92 Å². The normalized spacial score (nSPS) is 12.9. The first-order valence-electron chi connectivity index (χ1n) is 5.44. The molecule has 0 bridgehead atoms. The third kappa shape index (κ3) is 3.11. The van der Waals surface area contributed by atoms with Crippen LogP contribution in [0.3, 0.4) is 0 Å². The maximum absolute atomic E-state index is 5.89. The van der Waals surface area contributed by atoms with Crippen LogP contribution in [0.1, 0.15) is 27.2 Å². The molecule has 1 aromatic heterocycles. The summed E-state index contributed by atoms with van der Waals surface area (Å²) in [7, 11) is 2.08. The van der Waals surface area contributed by atoms with Gasteiger partial charge in [0.05, 0.1) is 17.6 Å². The molecule has 0 spiro atoms. The summed E-state index contributed by atoms with van der Waals surface area (Å²) in [5.74, 6) is 0.700. The molecule has 1 aromatic rings. The van der Waals surface area contributed by atoms with Gasteiger partial charge in [-0.2, -0.15) is 0 Å². The quantitative estimate of drug-likeness (QED) is 0.825. The first-order chi connectivity index (χ1) is 7.02. The van der Waals surface area contributed by atoms with Crippen LogP contribution < -0.4 is 10.6 Å². The van der Waals surface area contributed by atoms with Crippen molar-refractivity contribution in [1.29, 1.82) is 0 Å². The van der Waals surface area contributed by atoms with Crippen molar-refractivity contribution in [2.75, 3.05) is 17.7 Å². The number of pyridine rings is 1. The van der Waals surface area contributed by atoms with E-state index in [1.54, 1.807) is 12.4 Å². The fourth-order valence-electron chi connectivity index (χ4n) is 1.80. The molecule has 3 nitrogen and oxygen atoms in total. The van der Waals surface area contributed by atoms with Crippen molar-refractivity contribution in [2.45, 2.75) is 33.2 Å². The molecule has 3 heteroatoms. The Morgan fingerprint density at radius 1 is 1.40 bits per heavy atom. The third-order valence-electron chi connectivity index (χ3n) is 2.68. The highest BCUT2D eigenvalue weighted by molar-refractivity contribution is 5.65. The number of hydrogen-bond donors (Lipinski definition) is 1. The molecule has 1 heterocycles. The minimum absolute atomic E-state index is 0.495. The van der Waals surface area contributed by atoms with Crippen LogP contribution in [0.4, 0.5) is 11.4 Å². The maximum atomic E-state index is 5.89. The minimum Gasteiger partial charge on any atom is -0.396 e. The Hall–Kier alpha value is -1.25. The number of nitrogens with two attached hydrogens (primary N) is 1. The van der Waals surface area contributed by atoms with Gasteiger partial charge in [-0.25, -0.2) is 0 Å². The Morgan fingerprint density at radius 3 is 2.60 bits per heavy atom. The fourth-order valence-corrected chi connectivity index (χ4v) is 1.80. The van der Waals surface area contributed by atoms with Gasteiger partial charge in [-0.15, -0.1) is 0 Å². The van der Waals surface area contributed by atoms with E-state index in [4.69, 9.17) is 5.73 Å². The first-order valence-corrected chi connectivity index (χ1v) is 5.44. The SMILES string of the molecule is CC(C)CC(C)N(C)c1ccncc1N. The predicted molar refractivity (Wildman–Crippen MR) is 66.0 cm³/mol. The molecule has 0 aliphatic heterocycles. The smallest absolute Gasteiger partial charge is 0.0738 e. The van der Waals surface area contributed by atoms with E-state index in [0.29, 0.717) is 12.0 Å². The Kier molecular flexibility index (Phi) is 3.95. The number of rotatable bonds is 4. The summed E-state index contributed by atoms with van der Waals surface area (Å²) in [6.07, 6.45) is 4.65. The van der Waals surface area contributed by atoms with Gasteiger partial charge in [0, 0.05) is 19.3 Å². The van der Waals surface area contributed by atoms with Crippen molar-refractivity contribution >= 4 is 11.4 Å². The van der Waals surface area contributed by atoms with Gasteiger partial charge >= 0.3 is 0 Å². The zero-order valence-corrected chi connectivity index (χ0v) is 10.1. The average Bonchev–Trinajstić information content (AvgIpc) is 2.16. The fraction of sp³-hybridized carbons (Fsp3) is 0.583. The van der Waals surface area contributed by atoms with Crippen LogP contribution in [0.25, 0.3) is 0 Å². The molecule has 1 unspecified atom stereocenters. The van der Waals surface area contributed by atoms with Gasteiger partial charge < -0.3 is 10.6 Å². The zero-order chi connectivity index (χ0) is 11.4. The molecule has 2 N–H and O–H groups in total. The standard InChI is InChI=1S/C12H21N3/c1-9(2)7-10(3)15(4)12-5-6-14-8-11(12)13/h5-6,8-10H,7,13H2,1-4H3. The van der Waals surface area contributed by atoms with E-state index in [1.165, 1.54) is 0 Å². The molecule has 0 aliphatic rings. The molecule has 0 aliphatic carbocycles. The van der Waals surface area contributed by atoms with Crippen LogP contribution >= 0.6 is 0 Å². The monoisotopic (exact) mass is 207 g/mol. The molecular formula is C12H21N3. The summed E-state index contributed by atoms with van der Waals surface area (Å²) in [6.45, 7) is 6.69. The number of aromatic nitrogens is 1. The van der Waals surface area contributed by atoms with Gasteiger partial charge in [0.15, 0.2) is 0 Å². The lowest BCUT2D eigenvalue weighted by molar-refractivity contribution is 0.504. The largest absolute Gasteiger partial charge is 0.396 e. The van der Waals surface area contributed by atoms with Gasteiger partial charge in [0.25, 0.3) is 0 Å². The van der Waals surface area contributed by atoms with Gasteiger partial charge in [0.2, 0.25) is 0 Å². The number of anilines is 2. The van der Waals surface area contributed by atoms with Crippen molar-refractivity contribution < 1.29 is 0 Å². The van der Waals surface area contributed by atoms with Gasteiger partial charge in [-0.3, -0.25) is 4.98 Å². The lowest BCUT2D eigenvalue weighted by Gasteiger charge is -2.29. The molecule has 0 saturated heterocycles. The molecule has 0 saturated carbocycles. The molecule has 1 rings (SSSR count). The number of nitrogen functional groups attached to an aromatic ring is 1. The molecule has 0 radical (unpaired) electrons. The molecule has 0 fully saturated rings. The predicted octanol–water partition coefficient (Wildman–Crippen LogP) is 2.53. The summed E-state index contributed by atoms with van der Waals surface area (Å²) in [5, 5.41) is 0. The Labute approximate surface area is 92.3 Å². The van der Waals surface area contributed by atoms with Crippen molar-refractivity contribution in [3.05, 3.63) is 18.5 Å². The highest BCUT2D eigenvalue weighted by Crippen LogP contribution is 2.23. The van der Waals surface area contributed by atoms with E-state index in [9.17, 15) is 0 Å². The summed E-state index contributed by atoms with van der Waals surface area (Å²) >= 11 is 0. The second-order valence-corrected chi connectivity index (χ2v) is 4.52. The van der Waals surface area contributed by atoms with E-state index in [1.807, 2.05) is 6.07 Å². The Balaban J connectivity index is 2.76. The number of hydrogen-bond acceptors (Lipinski definition) is 3. The second-order valence-electron chi connectivity index (χ2n) is 4.52. The molecule has 0 aromatic carbocycles. The van der Waals surface area contributed by atoms with Gasteiger partial charge in [0.1, 0.15) is 0 Å². The molecule has 0 amide bonds. The minimum atomic E-state index is 0.495. The molecule has 1 atom stereocenters. The summed E-state index contributed by atoms with van der Waals surface area (Å²) < 4.78 is 0. The lowest BCUT2D eigenvalue weighted by atomic mass is 10.0. The van der Waals surface area contributed by atoms with Crippen LogP contribution in [0.5, 0.6) is 0 Å². The highest BCUT2D eigenvalue weighted by Gasteiger charge is 2.13. The van der Waals surface area contributed by atoms with Crippen LogP contribution in [0.15, 0.2) is 18.5 Å². The molecule has 15 heavy (non-hydrogen) atoms. The van der Waals surface area contributed by atoms with Gasteiger partial charge in [-0.1, -0.05) is 13.8 Å². The van der Waals surface area contributed by atoms with Crippen LogP contribution in [-0.2, 0) is 0 Å². The second kappa shape index (κ2) is 5.01. The van der Waals surface area contributed by atoms with Crippen LogP contribution in [0.2, 0.25) is 0 Å². The zero-order valence-electron chi connectivity index (χ0n) is 10.1. The average molecular weight is 207 g/mol. The van der Waals surface area contributed by atoms with E-state index in [-0.39, 0.29) is 0 Å². The van der Waals surface area contributed by atoms with Crippen molar-refractivity contribution in [3.8, 4) is 0 Å². The van der Waals surface area contributed by atoms with Crippen molar-refractivity contribution in [2.24, 2.45) is 5.92 Å².